The van der Waals surface area contributed by atoms with Gasteiger partial charge < -0.3 is 15.0 Å². The number of carbonyl (C=O) groups excluding carboxylic acids is 1. The van der Waals surface area contributed by atoms with Crippen LogP contribution in [0, 0.1) is 12.7 Å². The van der Waals surface area contributed by atoms with Gasteiger partial charge in [0.05, 0.1) is 18.8 Å². The lowest BCUT2D eigenvalue weighted by Crippen LogP contribution is -2.37. The average molecular weight is 416 g/mol. The Morgan fingerprint density at radius 2 is 1.80 bits per heavy atom. The van der Waals surface area contributed by atoms with E-state index < -0.39 is 5.91 Å². The summed E-state index contributed by atoms with van der Waals surface area (Å²) in [6, 6.07) is 6.39. The fourth-order valence-corrected chi connectivity index (χ4v) is 4.41. The van der Waals surface area contributed by atoms with Crippen molar-refractivity contribution < 1.29 is 13.9 Å². The Morgan fingerprint density at radius 3 is 2.43 bits per heavy atom. The molecule has 2 aromatic rings. The summed E-state index contributed by atoms with van der Waals surface area (Å²) in [7, 11) is 0. The molecule has 1 aliphatic rings. The number of nitrogens with zero attached hydrogens (tertiary/aromatic N) is 2. The predicted molar refractivity (Wildman–Crippen MR) is 118 cm³/mol. The topological polar surface area (TPSA) is 60.5 Å². The minimum atomic E-state index is -0.421. The van der Waals surface area contributed by atoms with Gasteiger partial charge in [-0.15, -0.1) is 0 Å². The molecule has 1 aliphatic heterocycles. The van der Waals surface area contributed by atoms with E-state index in [2.05, 4.69) is 16.4 Å². The Kier molecular flexibility index (Phi) is 8.05. The van der Waals surface area contributed by atoms with E-state index in [1.807, 2.05) is 6.92 Å². The molecule has 2 N–H and O–H groups in total. The van der Waals surface area contributed by atoms with Gasteiger partial charge in [-0.2, -0.15) is 0 Å². The number of amides is 1. The summed E-state index contributed by atoms with van der Waals surface area (Å²) in [5.41, 5.74) is 10.2. The van der Waals surface area contributed by atoms with Crippen molar-refractivity contribution in [2.24, 2.45) is 5.73 Å². The number of carbonyl (C=O) groups is 1. The van der Waals surface area contributed by atoms with Crippen LogP contribution in [0.3, 0.4) is 0 Å². The van der Waals surface area contributed by atoms with Gasteiger partial charge in [-0.3, -0.25) is 9.69 Å². The van der Waals surface area contributed by atoms with Crippen LogP contribution in [0.1, 0.15) is 54.4 Å². The summed E-state index contributed by atoms with van der Waals surface area (Å²) in [5.74, 6) is -0.705. The highest BCUT2D eigenvalue weighted by Crippen LogP contribution is 2.34. The van der Waals surface area contributed by atoms with Crippen LogP contribution < -0.4 is 5.73 Å². The van der Waals surface area contributed by atoms with E-state index in [1.54, 1.807) is 12.1 Å². The van der Waals surface area contributed by atoms with Crippen molar-refractivity contribution >= 4 is 5.91 Å². The Bertz CT molecular complexity index is 839. The average Bonchev–Trinajstić information content (AvgIpc) is 3.01. The Hall–Kier alpha value is -2.18. The molecule has 0 spiro atoms. The number of hydrogen-bond donors (Lipinski definition) is 1. The van der Waals surface area contributed by atoms with E-state index in [0.29, 0.717) is 5.56 Å². The Balaban J connectivity index is 1.93. The molecule has 2 heterocycles. The van der Waals surface area contributed by atoms with E-state index in [4.69, 9.17) is 10.5 Å². The number of nitrogens with two attached hydrogens (primary N) is 1. The summed E-state index contributed by atoms with van der Waals surface area (Å²) >= 11 is 0. The first-order chi connectivity index (χ1) is 14.5. The highest BCUT2D eigenvalue weighted by molar-refractivity contribution is 6.02. The third-order valence-electron chi connectivity index (χ3n) is 5.99. The van der Waals surface area contributed by atoms with E-state index in [9.17, 15) is 9.18 Å². The number of ether oxygens (including phenoxy) is 1. The minimum Gasteiger partial charge on any atom is -0.379 e. The van der Waals surface area contributed by atoms with E-state index in [1.165, 1.54) is 12.1 Å². The molecule has 3 rings (SSSR count). The van der Waals surface area contributed by atoms with Crippen LogP contribution in [0.25, 0.3) is 11.1 Å². The lowest BCUT2D eigenvalue weighted by molar-refractivity contribution is 0.0369. The van der Waals surface area contributed by atoms with Crippen LogP contribution in [0.15, 0.2) is 24.3 Å². The molecule has 164 valence electrons. The number of primary amides is 1. The molecule has 0 saturated carbocycles. The first-order valence-corrected chi connectivity index (χ1v) is 11.1. The summed E-state index contributed by atoms with van der Waals surface area (Å²) in [6.07, 6.45) is 5.19. The molecule has 0 aliphatic carbocycles. The zero-order chi connectivity index (χ0) is 21.5. The minimum absolute atomic E-state index is 0.284. The summed E-state index contributed by atoms with van der Waals surface area (Å²) < 4.78 is 21.2. The fourth-order valence-electron chi connectivity index (χ4n) is 4.41. The lowest BCUT2D eigenvalue weighted by atomic mass is 9.97. The van der Waals surface area contributed by atoms with Gasteiger partial charge in [0.25, 0.3) is 5.91 Å². The first kappa shape index (κ1) is 22.5. The second-order valence-electron chi connectivity index (χ2n) is 8.07. The van der Waals surface area contributed by atoms with E-state index in [0.717, 1.165) is 94.0 Å². The third kappa shape index (κ3) is 5.29. The summed E-state index contributed by atoms with van der Waals surface area (Å²) in [6.45, 7) is 9.55. The number of rotatable bonds is 10. The predicted octanol–water partition coefficient (Wildman–Crippen LogP) is 4.16. The highest BCUT2D eigenvalue weighted by atomic mass is 19.1. The highest BCUT2D eigenvalue weighted by Gasteiger charge is 2.24. The number of unbranched alkanes of at least 4 members (excludes halogenated alkanes) is 2. The van der Waals surface area contributed by atoms with Crippen molar-refractivity contribution in [2.45, 2.75) is 52.5 Å². The quantitative estimate of drug-likeness (QED) is 0.593. The fraction of sp³-hybridized carbons (Fsp3) is 0.542. The van der Waals surface area contributed by atoms with Crippen molar-refractivity contribution in [3.05, 3.63) is 47.0 Å². The monoisotopic (exact) mass is 415 g/mol. The third-order valence-corrected chi connectivity index (χ3v) is 5.99. The maximum absolute atomic E-state index is 13.5. The molecule has 0 radical (unpaired) electrons. The van der Waals surface area contributed by atoms with E-state index in [-0.39, 0.29) is 5.82 Å². The summed E-state index contributed by atoms with van der Waals surface area (Å²) in [4.78, 5) is 14.8. The largest absolute Gasteiger partial charge is 0.379 e. The van der Waals surface area contributed by atoms with Crippen LogP contribution in [0.2, 0.25) is 0 Å². The SMILES string of the molecule is CCCCCc1c(-c2ccc(F)cc2)c(C(N)=O)c(C)n1CCCN1CCOCC1. The molecule has 0 bridgehead atoms. The number of benzene rings is 1. The molecular weight excluding hydrogens is 381 g/mol. The number of morpholine rings is 1. The molecule has 1 amide bonds. The number of aromatic nitrogens is 1. The molecule has 6 heteroatoms. The van der Waals surface area contributed by atoms with E-state index >= 15 is 0 Å². The second-order valence-corrected chi connectivity index (χ2v) is 8.07. The molecule has 1 fully saturated rings. The smallest absolute Gasteiger partial charge is 0.251 e. The van der Waals surface area contributed by atoms with Crippen molar-refractivity contribution in [1.29, 1.82) is 0 Å². The molecule has 30 heavy (non-hydrogen) atoms. The van der Waals surface area contributed by atoms with Gasteiger partial charge in [0.15, 0.2) is 0 Å². The summed E-state index contributed by atoms with van der Waals surface area (Å²) in [5, 5.41) is 0. The van der Waals surface area contributed by atoms with Crippen molar-refractivity contribution in [2.75, 3.05) is 32.8 Å². The van der Waals surface area contributed by atoms with Gasteiger partial charge >= 0.3 is 0 Å². The van der Waals surface area contributed by atoms with Gasteiger partial charge in [-0.05, 0) is 43.9 Å². The standard InChI is InChI=1S/C24H34FN3O2/c1-3-4-5-7-21-23(19-8-10-20(25)11-9-19)22(24(26)29)18(2)28(21)13-6-12-27-14-16-30-17-15-27/h8-11H,3-7,12-17H2,1-2H3,(H2,26,29). The zero-order valence-electron chi connectivity index (χ0n) is 18.3. The molecule has 1 aromatic heterocycles. The van der Waals surface area contributed by atoms with Crippen LogP contribution in [0.4, 0.5) is 4.39 Å². The Morgan fingerprint density at radius 1 is 1.10 bits per heavy atom. The van der Waals surface area contributed by atoms with Gasteiger partial charge in [-0.25, -0.2) is 4.39 Å². The van der Waals surface area contributed by atoms with Crippen LogP contribution in [-0.2, 0) is 17.7 Å². The van der Waals surface area contributed by atoms with Crippen LogP contribution in [0.5, 0.6) is 0 Å². The molecular formula is C24H34FN3O2. The van der Waals surface area contributed by atoms with Gasteiger partial charge in [-0.1, -0.05) is 31.9 Å². The zero-order valence-corrected chi connectivity index (χ0v) is 18.3. The maximum atomic E-state index is 13.5. The van der Waals surface area contributed by atoms with Gasteiger partial charge in [0.1, 0.15) is 5.82 Å². The normalized spacial score (nSPS) is 14.9. The molecule has 0 unspecified atom stereocenters. The van der Waals surface area contributed by atoms with Gasteiger partial charge in [0.2, 0.25) is 0 Å². The van der Waals surface area contributed by atoms with Crippen molar-refractivity contribution in [1.82, 2.24) is 9.47 Å². The van der Waals surface area contributed by atoms with Crippen LogP contribution in [-0.4, -0.2) is 48.2 Å². The maximum Gasteiger partial charge on any atom is 0.251 e. The van der Waals surface area contributed by atoms with Gasteiger partial charge in [0, 0.05) is 43.1 Å². The van der Waals surface area contributed by atoms with Crippen molar-refractivity contribution in [3.8, 4) is 11.1 Å². The molecule has 1 aromatic carbocycles. The number of halogens is 1. The number of hydrogen-bond acceptors (Lipinski definition) is 3. The molecule has 1 saturated heterocycles. The molecule has 0 atom stereocenters. The van der Waals surface area contributed by atoms with Crippen LogP contribution >= 0.6 is 0 Å². The first-order valence-electron chi connectivity index (χ1n) is 11.1. The Labute approximate surface area is 179 Å². The van der Waals surface area contributed by atoms with Crippen molar-refractivity contribution in [3.63, 3.8) is 0 Å². The second kappa shape index (κ2) is 10.7. The molecule has 5 nitrogen and oxygen atoms in total. The lowest BCUT2D eigenvalue weighted by Gasteiger charge is -2.26.